The summed E-state index contributed by atoms with van der Waals surface area (Å²) in [6.45, 7) is 2.97. The van der Waals surface area contributed by atoms with E-state index >= 15 is 0 Å². The molecule has 3 heteroatoms. The number of ether oxygens (including phenoxy) is 2. The zero-order valence-electron chi connectivity index (χ0n) is 12.3. The van der Waals surface area contributed by atoms with Gasteiger partial charge in [0.15, 0.2) is 0 Å². The van der Waals surface area contributed by atoms with Gasteiger partial charge in [0.1, 0.15) is 5.75 Å². The van der Waals surface area contributed by atoms with E-state index < -0.39 is 0 Å². The van der Waals surface area contributed by atoms with Crippen molar-refractivity contribution in [3.05, 3.63) is 29.3 Å². The first-order chi connectivity index (χ1) is 9.68. The van der Waals surface area contributed by atoms with Crippen LogP contribution in [0.2, 0.25) is 0 Å². The van der Waals surface area contributed by atoms with E-state index in [-0.39, 0.29) is 5.41 Å². The van der Waals surface area contributed by atoms with Crippen molar-refractivity contribution in [2.45, 2.75) is 38.7 Å². The normalized spacial score (nSPS) is 29.6. The van der Waals surface area contributed by atoms with E-state index in [1.807, 2.05) is 0 Å². The molecule has 1 saturated carbocycles. The second kappa shape index (κ2) is 5.57. The van der Waals surface area contributed by atoms with Gasteiger partial charge < -0.3 is 9.47 Å². The van der Waals surface area contributed by atoms with Crippen molar-refractivity contribution in [3.8, 4) is 5.75 Å². The topological polar surface area (TPSA) is 18.5 Å². The average molecular weight is 295 g/mol. The van der Waals surface area contributed by atoms with Crippen molar-refractivity contribution in [2.75, 3.05) is 19.6 Å². The number of aryl methyl sites for hydroxylation is 1. The number of halogens is 1. The third kappa shape index (κ3) is 2.56. The molecule has 0 spiro atoms. The van der Waals surface area contributed by atoms with Gasteiger partial charge in [-0.25, -0.2) is 0 Å². The van der Waals surface area contributed by atoms with E-state index in [1.54, 1.807) is 7.11 Å². The third-order valence-electron chi connectivity index (χ3n) is 4.80. The standard InChI is InChI=1S/C17H23ClO2/c1-12-3-6-15(19-2)14(9-12)10-17(11-18)7-8-20-16(17)13-4-5-13/h3,6,9,13,16H,4-5,7-8,10-11H2,1-2H3. The smallest absolute Gasteiger partial charge is 0.122 e. The van der Waals surface area contributed by atoms with Crippen LogP contribution in [-0.4, -0.2) is 25.7 Å². The maximum atomic E-state index is 6.40. The van der Waals surface area contributed by atoms with Gasteiger partial charge in [0.25, 0.3) is 0 Å². The lowest BCUT2D eigenvalue weighted by Crippen LogP contribution is -2.36. The molecule has 0 N–H and O–H groups in total. The third-order valence-corrected chi connectivity index (χ3v) is 5.33. The molecule has 0 amide bonds. The Balaban J connectivity index is 1.89. The number of methoxy groups -OCH3 is 1. The Morgan fingerprint density at radius 2 is 2.20 bits per heavy atom. The largest absolute Gasteiger partial charge is 0.496 e. The van der Waals surface area contributed by atoms with Gasteiger partial charge in [0, 0.05) is 17.9 Å². The van der Waals surface area contributed by atoms with Crippen LogP contribution >= 0.6 is 11.6 Å². The summed E-state index contributed by atoms with van der Waals surface area (Å²) in [5, 5.41) is 0. The fraction of sp³-hybridized carbons (Fsp3) is 0.647. The lowest BCUT2D eigenvalue weighted by atomic mass is 9.75. The molecular weight excluding hydrogens is 272 g/mol. The quantitative estimate of drug-likeness (QED) is 0.765. The molecule has 1 heterocycles. The highest BCUT2D eigenvalue weighted by atomic mass is 35.5. The summed E-state index contributed by atoms with van der Waals surface area (Å²) >= 11 is 6.40. The minimum Gasteiger partial charge on any atom is -0.496 e. The minimum absolute atomic E-state index is 0.0871. The molecule has 1 aliphatic heterocycles. The molecule has 2 fully saturated rings. The Morgan fingerprint density at radius 1 is 1.40 bits per heavy atom. The molecule has 110 valence electrons. The van der Waals surface area contributed by atoms with Gasteiger partial charge in [-0.1, -0.05) is 17.7 Å². The Hall–Kier alpha value is -0.730. The van der Waals surface area contributed by atoms with E-state index in [1.165, 1.54) is 24.0 Å². The van der Waals surface area contributed by atoms with E-state index in [0.717, 1.165) is 31.1 Å². The van der Waals surface area contributed by atoms with E-state index in [0.29, 0.717) is 12.0 Å². The van der Waals surface area contributed by atoms with E-state index in [4.69, 9.17) is 21.1 Å². The van der Waals surface area contributed by atoms with Gasteiger partial charge in [-0.3, -0.25) is 0 Å². The molecule has 1 aromatic rings. The van der Waals surface area contributed by atoms with Crippen molar-refractivity contribution in [2.24, 2.45) is 11.3 Å². The molecule has 0 aromatic heterocycles. The molecule has 2 nitrogen and oxygen atoms in total. The van der Waals surface area contributed by atoms with Crippen LogP contribution in [0.4, 0.5) is 0 Å². The number of rotatable bonds is 5. The van der Waals surface area contributed by atoms with Crippen LogP contribution < -0.4 is 4.74 Å². The highest BCUT2D eigenvalue weighted by Crippen LogP contribution is 2.50. The van der Waals surface area contributed by atoms with E-state index in [9.17, 15) is 0 Å². The highest BCUT2D eigenvalue weighted by Gasteiger charge is 2.50. The lowest BCUT2D eigenvalue weighted by molar-refractivity contribution is 0.0401. The van der Waals surface area contributed by atoms with Crippen molar-refractivity contribution in [1.82, 2.24) is 0 Å². The molecule has 3 rings (SSSR count). The molecule has 2 unspecified atom stereocenters. The molecule has 1 aromatic carbocycles. The van der Waals surface area contributed by atoms with Gasteiger partial charge >= 0.3 is 0 Å². The van der Waals surface area contributed by atoms with Crippen LogP contribution in [0.5, 0.6) is 5.75 Å². The minimum atomic E-state index is 0.0871. The summed E-state index contributed by atoms with van der Waals surface area (Å²) < 4.78 is 11.6. The molecule has 2 atom stereocenters. The number of hydrogen-bond acceptors (Lipinski definition) is 2. The summed E-state index contributed by atoms with van der Waals surface area (Å²) in [5.41, 5.74) is 2.63. The SMILES string of the molecule is COc1ccc(C)cc1CC1(CCl)CCOC1C1CC1. The first kappa shape index (κ1) is 14.2. The number of alkyl halides is 1. The molecule has 0 bridgehead atoms. The van der Waals surface area contributed by atoms with Crippen molar-refractivity contribution in [1.29, 1.82) is 0 Å². The summed E-state index contributed by atoms with van der Waals surface area (Å²) in [5.74, 6) is 2.37. The van der Waals surface area contributed by atoms with Crippen LogP contribution in [0.1, 0.15) is 30.4 Å². The maximum Gasteiger partial charge on any atom is 0.122 e. The molecule has 20 heavy (non-hydrogen) atoms. The average Bonchev–Trinajstić information content (AvgIpc) is 3.21. The van der Waals surface area contributed by atoms with Gasteiger partial charge in [-0.15, -0.1) is 11.6 Å². The van der Waals surface area contributed by atoms with Crippen molar-refractivity contribution >= 4 is 11.6 Å². The zero-order valence-corrected chi connectivity index (χ0v) is 13.1. The maximum absolute atomic E-state index is 6.40. The van der Waals surface area contributed by atoms with Crippen molar-refractivity contribution < 1.29 is 9.47 Å². The summed E-state index contributed by atoms with van der Waals surface area (Å²) in [6.07, 6.45) is 4.96. The number of hydrogen-bond donors (Lipinski definition) is 0. The van der Waals surface area contributed by atoms with Gasteiger partial charge in [0.05, 0.1) is 13.2 Å². The highest BCUT2D eigenvalue weighted by molar-refractivity contribution is 6.18. The first-order valence-electron chi connectivity index (χ1n) is 7.49. The van der Waals surface area contributed by atoms with E-state index in [2.05, 4.69) is 25.1 Å². The molecule has 0 radical (unpaired) electrons. The van der Waals surface area contributed by atoms with Crippen molar-refractivity contribution in [3.63, 3.8) is 0 Å². The van der Waals surface area contributed by atoms with Gasteiger partial charge in [-0.2, -0.15) is 0 Å². The number of benzene rings is 1. The Bertz CT molecular complexity index is 484. The molecule has 1 saturated heterocycles. The van der Waals surface area contributed by atoms with Crippen LogP contribution in [-0.2, 0) is 11.2 Å². The zero-order chi connectivity index (χ0) is 14.2. The second-order valence-electron chi connectivity index (χ2n) is 6.37. The first-order valence-corrected chi connectivity index (χ1v) is 8.03. The fourth-order valence-corrected chi connectivity index (χ4v) is 3.93. The monoisotopic (exact) mass is 294 g/mol. The van der Waals surface area contributed by atoms with Gasteiger partial charge in [-0.05, 0) is 50.2 Å². The Labute approximate surface area is 126 Å². The van der Waals surface area contributed by atoms with Crippen LogP contribution in [0.25, 0.3) is 0 Å². The summed E-state index contributed by atoms with van der Waals surface area (Å²) in [7, 11) is 1.74. The Morgan fingerprint density at radius 3 is 2.85 bits per heavy atom. The van der Waals surface area contributed by atoms with Crippen LogP contribution in [0.3, 0.4) is 0 Å². The predicted molar refractivity (Wildman–Crippen MR) is 81.7 cm³/mol. The second-order valence-corrected chi connectivity index (χ2v) is 6.63. The van der Waals surface area contributed by atoms with Crippen LogP contribution in [0, 0.1) is 18.3 Å². The molecular formula is C17H23ClO2. The predicted octanol–water partition coefficient (Wildman–Crippen LogP) is 3.97. The fourth-order valence-electron chi connectivity index (χ4n) is 3.55. The lowest BCUT2D eigenvalue weighted by Gasteiger charge is -2.33. The molecule has 2 aliphatic rings. The summed E-state index contributed by atoms with van der Waals surface area (Å²) in [6, 6.07) is 6.39. The van der Waals surface area contributed by atoms with Crippen LogP contribution in [0.15, 0.2) is 18.2 Å². The molecule has 1 aliphatic carbocycles. The Kier molecular flexibility index (Phi) is 3.96. The summed E-state index contributed by atoms with van der Waals surface area (Å²) in [4.78, 5) is 0. The van der Waals surface area contributed by atoms with Gasteiger partial charge in [0.2, 0.25) is 0 Å².